The first-order chi connectivity index (χ1) is 13.9. The normalized spacial score (nSPS) is 18.9. The van der Waals surface area contributed by atoms with Crippen molar-refractivity contribution in [3.05, 3.63) is 47.2 Å². The first kappa shape index (κ1) is 19.5. The fourth-order valence-electron chi connectivity index (χ4n) is 4.60. The minimum absolute atomic E-state index is 0.224. The monoisotopic (exact) mass is 397 g/mol. The van der Waals surface area contributed by atoms with E-state index in [9.17, 15) is 14.4 Å². The number of carbonyl (C=O) groups excluding carboxylic acids is 3. The first-order valence-corrected chi connectivity index (χ1v) is 10.3. The van der Waals surface area contributed by atoms with Gasteiger partial charge in [-0.2, -0.15) is 0 Å². The summed E-state index contributed by atoms with van der Waals surface area (Å²) in [6, 6.07) is 5.09. The third-order valence-corrected chi connectivity index (χ3v) is 6.27. The summed E-state index contributed by atoms with van der Waals surface area (Å²) in [4.78, 5) is 39.7. The molecule has 29 heavy (non-hydrogen) atoms. The molecule has 7 heteroatoms. The van der Waals surface area contributed by atoms with E-state index in [2.05, 4.69) is 5.32 Å². The maximum atomic E-state index is 13.1. The lowest BCUT2D eigenvalue weighted by molar-refractivity contribution is -0.131. The van der Waals surface area contributed by atoms with E-state index in [0.29, 0.717) is 24.9 Å². The van der Waals surface area contributed by atoms with Crippen molar-refractivity contribution < 1.29 is 18.8 Å². The molecule has 1 aliphatic carbocycles. The van der Waals surface area contributed by atoms with Crippen molar-refractivity contribution in [3.63, 3.8) is 0 Å². The van der Waals surface area contributed by atoms with Crippen LogP contribution in [0.15, 0.2) is 28.9 Å². The van der Waals surface area contributed by atoms with Gasteiger partial charge in [0.25, 0.3) is 5.91 Å². The van der Waals surface area contributed by atoms with Crippen LogP contribution in [0.25, 0.3) is 0 Å². The summed E-state index contributed by atoms with van der Waals surface area (Å²) >= 11 is 0. The number of hydrogen-bond donors (Lipinski definition) is 1. The quantitative estimate of drug-likeness (QED) is 0.617. The van der Waals surface area contributed by atoms with E-state index in [1.54, 1.807) is 6.26 Å². The van der Waals surface area contributed by atoms with Gasteiger partial charge < -0.3 is 14.3 Å². The molecule has 154 valence electrons. The highest BCUT2D eigenvalue weighted by Crippen LogP contribution is 2.33. The van der Waals surface area contributed by atoms with Gasteiger partial charge in [-0.3, -0.25) is 14.5 Å². The third-order valence-electron chi connectivity index (χ3n) is 6.27. The summed E-state index contributed by atoms with van der Waals surface area (Å²) in [6.07, 6.45) is 6.91. The van der Waals surface area contributed by atoms with Crippen LogP contribution in [0.1, 0.15) is 66.0 Å². The highest BCUT2D eigenvalue weighted by atomic mass is 16.3. The number of aromatic nitrogens is 1. The maximum Gasteiger partial charge on any atom is 0.325 e. The number of carbonyl (C=O) groups is 3. The Labute approximate surface area is 170 Å². The molecule has 3 heterocycles. The van der Waals surface area contributed by atoms with Crippen LogP contribution >= 0.6 is 0 Å². The highest BCUT2D eigenvalue weighted by molar-refractivity contribution is 6.11. The zero-order chi connectivity index (χ0) is 20.6. The van der Waals surface area contributed by atoms with Gasteiger partial charge in [-0.25, -0.2) is 4.79 Å². The molecule has 0 unspecified atom stereocenters. The standard InChI is InChI=1S/C22H27N3O4/c1-15-12-18(16(2)24(15)13-17-8-7-11-29-17)19(26)14-25-20(27)22(23-21(25)28)9-5-3-4-6-10-22/h7-8,11-12H,3-6,9-10,13-14H2,1-2H3,(H,23,28). The van der Waals surface area contributed by atoms with Crippen molar-refractivity contribution in [3.8, 4) is 0 Å². The number of hydrogen-bond acceptors (Lipinski definition) is 4. The van der Waals surface area contributed by atoms with Gasteiger partial charge >= 0.3 is 6.03 Å². The first-order valence-electron chi connectivity index (χ1n) is 10.3. The van der Waals surface area contributed by atoms with E-state index in [0.717, 1.165) is 47.7 Å². The van der Waals surface area contributed by atoms with E-state index < -0.39 is 11.6 Å². The minimum atomic E-state index is -0.815. The number of urea groups is 1. The second-order valence-corrected chi connectivity index (χ2v) is 8.19. The van der Waals surface area contributed by atoms with E-state index >= 15 is 0 Å². The summed E-state index contributed by atoms with van der Waals surface area (Å²) in [7, 11) is 0. The molecule has 2 aromatic heterocycles. The lowest BCUT2D eigenvalue weighted by Crippen LogP contribution is -2.46. The number of imide groups is 1. The molecule has 1 saturated heterocycles. The predicted molar refractivity (Wildman–Crippen MR) is 107 cm³/mol. The highest BCUT2D eigenvalue weighted by Gasteiger charge is 2.51. The Kier molecular flexibility index (Phi) is 5.06. The zero-order valence-electron chi connectivity index (χ0n) is 17.0. The Bertz CT molecular complexity index is 934. The average Bonchev–Trinajstić information content (AvgIpc) is 3.29. The van der Waals surface area contributed by atoms with Gasteiger partial charge in [0.2, 0.25) is 0 Å². The molecule has 4 rings (SSSR count). The second kappa shape index (κ2) is 7.54. The summed E-state index contributed by atoms with van der Waals surface area (Å²) < 4.78 is 7.42. The molecule has 0 atom stereocenters. The molecular formula is C22H27N3O4. The van der Waals surface area contributed by atoms with E-state index in [4.69, 9.17) is 4.42 Å². The van der Waals surface area contributed by atoms with E-state index in [1.807, 2.05) is 36.6 Å². The summed E-state index contributed by atoms with van der Waals surface area (Å²) in [5.74, 6) is 0.329. The molecule has 1 saturated carbocycles. The largest absolute Gasteiger partial charge is 0.467 e. The summed E-state index contributed by atoms with van der Waals surface area (Å²) in [6.45, 7) is 4.12. The molecule has 1 N–H and O–H groups in total. The Morgan fingerprint density at radius 3 is 2.55 bits per heavy atom. The Morgan fingerprint density at radius 1 is 1.17 bits per heavy atom. The molecule has 2 aromatic rings. The molecule has 7 nitrogen and oxygen atoms in total. The minimum Gasteiger partial charge on any atom is -0.467 e. The third kappa shape index (κ3) is 3.50. The Morgan fingerprint density at radius 2 is 1.90 bits per heavy atom. The lowest BCUT2D eigenvalue weighted by atomic mass is 9.90. The molecule has 2 aliphatic rings. The average molecular weight is 397 g/mol. The van der Waals surface area contributed by atoms with Gasteiger partial charge in [0.05, 0.1) is 19.4 Å². The van der Waals surface area contributed by atoms with Crippen LogP contribution in [0.5, 0.6) is 0 Å². The molecular weight excluding hydrogens is 370 g/mol. The van der Waals surface area contributed by atoms with Crippen molar-refractivity contribution in [2.45, 2.75) is 64.5 Å². The van der Waals surface area contributed by atoms with Crippen LogP contribution in [0, 0.1) is 13.8 Å². The van der Waals surface area contributed by atoms with Crippen LogP contribution in [0.2, 0.25) is 0 Å². The number of rotatable bonds is 5. The van der Waals surface area contributed by atoms with Crippen molar-refractivity contribution in [2.75, 3.05) is 6.54 Å². The summed E-state index contributed by atoms with van der Waals surface area (Å²) in [5, 5.41) is 2.89. The number of Topliss-reactive ketones (excluding diaryl/α,β-unsaturated/α-hetero) is 1. The SMILES string of the molecule is Cc1cc(C(=O)CN2C(=O)NC3(CCCCCC3)C2=O)c(C)n1Cc1ccco1. The van der Waals surface area contributed by atoms with Crippen LogP contribution in [-0.4, -0.2) is 39.3 Å². The zero-order valence-corrected chi connectivity index (χ0v) is 17.0. The van der Waals surface area contributed by atoms with Crippen LogP contribution in [-0.2, 0) is 11.3 Å². The smallest absolute Gasteiger partial charge is 0.325 e. The predicted octanol–water partition coefficient (Wildman–Crippen LogP) is 3.57. The fourth-order valence-corrected chi connectivity index (χ4v) is 4.60. The molecule has 0 aromatic carbocycles. The van der Waals surface area contributed by atoms with Gasteiger partial charge in [0.1, 0.15) is 11.3 Å². The van der Waals surface area contributed by atoms with Gasteiger partial charge in [-0.1, -0.05) is 25.7 Å². The van der Waals surface area contributed by atoms with E-state index in [-0.39, 0.29) is 18.2 Å². The van der Waals surface area contributed by atoms with Gasteiger partial charge in [0.15, 0.2) is 5.78 Å². The molecule has 1 aliphatic heterocycles. The number of nitrogens with zero attached hydrogens (tertiary/aromatic N) is 2. The fraction of sp³-hybridized carbons (Fsp3) is 0.500. The molecule has 3 amide bonds. The van der Waals surface area contributed by atoms with Crippen molar-refractivity contribution in [1.29, 1.82) is 0 Å². The van der Waals surface area contributed by atoms with Crippen molar-refractivity contribution in [1.82, 2.24) is 14.8 Å². The molecule has 0 bridgehead atoms. The van der Waals surface area contributed by atoms with Crippen LogP contribution in [0.3, 0.4) is 0 Å². The topological polar surface area (TPSA) is 84.5 Å². The molecule has 0 radical (unpaired) electrons. The van der Waals surface area contributed by atoms with Gasteiger partial charge in [-0.05, 0) is 44.9 Å². The van der Waals surface area contributed by atoms with Crippen LogP contribution in [0.4, 0.5) is 4.79 Å². The number of amides is 3. The number of nitrogens with one attached hydrogen (secondary N) is 1. The Hall–Kier alpha value is -2.83. The van der Waals surface area contributed by atoms with Crippen molar-refractivity contribution >= 4 is 17.7 Å². The molecule has 2 fully saturated rings. The van der Waals surface area contributed by atoms with Gasteiger partial charge in [-0.15, -0.1) is 0 Å². The Balaban J connectivity index is 1.52. The second-order valence-electron chi connectivity index (χ2n) is 8.19. The number of ketones is 1. The van der Waals surface area contributed by atoms with Crippen LogP contribution < -0.4 is 5.32 Å². The summed E-state index contributed by atoms with van der Waals surface area (Å²) in [5.41, 5.74) is 1.46. The lowest BCUT2D eigenvalue weighted by Gasteiger charge is -2.24. The van der Waals surface area contributed by atoms with E-state index in [1.165, 1.54) is 0 Å². The number of furan rings is 1. The number of aryl methyl sites for hydroxylation is 1. The molecule has 1 spiro atoms. The van der Waals surface area contributed by atoms with Gasteiger partial charge in [0, 0.05) is 17.0 Å². The van der Waals surface area contributed by atoms with Crippen molar-refractivity contribution in [2.24, 2.45) is 0 Å². The maximum absolute atomic E-state index is 13.1.